The number of hydrogen-bond donors (Lipinski definition) is 2. The van der Waals surface area contributed by atoms with E-state index in [1.54, 1.807) is 0 Å². The normalized spacial score (nSPS) is 13.3. The van der Waals surface area contributed by atoms with Crippen LogP contribution >= 0.6 is 11.3 Å². The summed E-state index contributed by atoms with van der Waals surface area (Å²) in [6.07, 6.45) is -0.498. The van der Waals surface area contributed by atoms with Gasteiger partial charge in [-0.3, -0.25) is 5.32 Å². The van der Waals surface area contributed by atoms with Crippen molar-refractivity contribution in [3.8, 4) is 0 Å². The quantitative estimate of drug-likeness (QED) is 0.854. The number of aromatic nitrogens is 1. The molecule has 1 heterocycles. The molecule has 0 unspecified atom stereocenters. The molecule has 0 aromatic carbocycles. The number of hydrogen-bond acceptors (Lipinski definition) is 5. The van der Waals surface area contributed by atoms with Crippen molar-refractivity contribution < 1.29 is 9.53 Å². The van der Waals surface area contributed by atoms with Crippen molar-refractivity contribution in [1.82, 2.24) is 4.98 Å². The number of carbonyl (C=O) groups is 1. The summed E-state index contributed by atoms with van der Waals surface area (Å²) in [7, 11) is 0. The van der Waals surface area contributed by atoms with Crippen LogP contribution in [0.2, 0.25) is 0 Å². The first-order valence-electron chi connectivity index (χ1n) is 5.42. The molecule has 0 saturated heterocycles. The molecular weight excluding hydrogens is 238 g/mol. The van der Waals surface area contributed by atoms with Crippen LogP contribution in [0.25, 0.3) is 0 Å². The van der Waals surface area contributed by atoms with Crippen LogP contribution in [-0.4, -0.2) is 16.7 Å². The molecule has 1 rings (SSSR count). The Morgan fingerprint density at radius 3 is 2.53 bits per heavy atom. The van der Waals surface area contributed by atoms with Gasteiger partial charge in [-0.15, -0.1) is 0 Å². The van der Waals surface area contributed by atoms with Crippen molar-refractivity contribution >= 4 is 22.6 Å². The largest absolute Gasteiger partial charge is 0.444 e. The van der Waals surface area contributed by atoms with Crippen molar-refractivity contribution in [3.63, 3.8) is 0 Å². The molecule has 3 N–H and O–H groups in total. The Hall–Kier alpha value is -1.14. The lowest BCUT2D eigenvalue weighted by Gasteiger charge is -2.18. The Morgan fingerprint density at radius 2 is 2.12 bits per heavy atom. The minimum Gasteiger partial charge on any atom is -0.444 e. The Kier molecular flexibility index (Phi) is 4.11. The summed E-state index contributed by atoms with van der Waals surface area (Å²) < 4.78 is 5.14. The highest BCUT2D eigenvalue weighted by Crippen LogP contribution is 2.27. The molecule has 5 nitrogen and oxygen atoms in total. The van der Waals surface area contributed by atoms with Gasteiger partial charge in [0.05, 0.1) is 5.69 Å². The van der Waals surface area contributed by atoms with E-state index in [2.05, 4.69) is 10.3 Å². The molecule has 0 aliphatic carbocycles. The monoisotopic (exact) mass is 257 g/mol. The van der Waals surface area contributed by atoms with Crippen molar-refractivity contribution in [1.29, 1.82) is 0 Å². The standard InChI is InChI=1S/C11H19N3O2S/c1-6(12)8-7(2)13-9(17-8)14-10(15)16-11(3,4)5/h6H,12H2,1-5H3,(H,13,14,15)/t6-/m0/s1. The van der Waals surface area contributed by atoms with Crippen LogP contribution in [0.5, 0.6) is 0 Å². The molecule has 0 spiro atoms. The first-order valence-corrected chi connectivity index (χ1v) is 6.23. The van der Waals surface area contributed by atoms with E-state index in [0.717, 1.165) is 10.6 Å². The predicted molar refractivity (Wildman–Crippen MR) is 69.3 cm³/mol. The Labute approximate surface area is 105 Å². The molecule has 0 saturated carbocycles. The summed E-state index contributed by atoms with van der Waals surface area (Å²) in [6.45, 7) is 9.19. The number of nitrogens with one attached hydrogen (secondary N) is 1. The summed E-state index contributed by atoms with van der Waals surface area (Å²) in [5.74, 6) is 0. The molecule has 6 heteroatoms. The summed E-state index contributed by atoms with van der Waals surface area (Å²) >= 11 is 1.37. The number of amides is 1. The summed E-state index contributed by atoms with van der Waals surface area (Å²) in [4.78, 5) is 16.7. The maximum Gasteiger partial charge on any atom is 0.413 e. The van der Waals surface area contributed by atoms with Gasteiger partial charge in [0.25, 0.3) is 0 Å². The molecule has 0 fully saturated rings. The van der Waals surface area contributed by atoms with Gasteiger partial charge in [0, 0.05) is 10.9 Å². The van der Waals surface area contributed by atoms with E-state index in [1.807, 2.05) is 34.6 Å². The van der Waals surface area contributed by atoms with Gasteiger partial charge in [-0.05, 0) is 34.6 Å². The van der Waals surface area contributed by atoms with Crippen LogP contribution < -0.4 is 11.1 Å². The third kappa shape index (κ3) is 4.32. The van der Waals surface area contributed by atoms with E-state index in [4.69, 9.17) is 10.5 Å². The molecule has 0 radical (unpaired) electrons. The Morgan fingerprint density at radius 1 is 1.53 bits per heavy atom. The van der Waals surface area contributed by atoms with E-state index >= 15 is 0 Å². The number of rotatable bonds is 2. The van der Waals surface area contributed by atoms with E-state index in [9.17, 15) is 4.79 Å². The van der Waals surface area contributed by atoms with Gasteiger partial charge >= 0.3 is 6.09 Å². The lowest BCUT2D eigenvalue weighted by Crippen LogP contribution is -2.27. The zero-order valence-electron chi connectivity index (χ0n) is 10.8. The lowest BCUT2D eigenvalue weighted by atomic mass is 10.2. The minimum absolute atomic E-state index is 0.0818. The van der Waals surface area contributed by atoms with Gasteiger partial charge in [0.15, 0.2) is 5.13 Å². The van der Waals surface area contributed by atoms with Crippen LogP contribution in [-0.2, 0) is 4.74 Å². The van der Waals surface area contributed by atoms with E-state index in [-0.39, 0.29) is 6.04 Å². The predicted octanol–water partition coefficient (Wildman–Crippen LogP) is 2.82. The average Bonchev–Trinajstić information content (AvgIpc) is 2.42. The maximum atomic E-state index is 11.5. The second-order valence-electron chi connectivity index (χ2n) is 4.88. The zero-order valence-corrected chi connectivity index (χ0v) is 11.6. The van der Waals surface area contributed by atoms with Crippen molar-refractivity contribution in [3.05, 3.63) is 10.6 Å². The van der Waals surface area contributed by atoms with Crippen LogP contribution in [0, 0.1) is 6.92 Å². The molecular formula is C11H19N3O2S. The Balaban J connectivity index is 2.70. The number of anilines is 1. The summed E-state index contributed by atoms with van der Waals surface area (Å²) in [6, 6.07) is -0.0818. The number of aryl methyl sites for hydroxylation is 1. The molecule has 0 aliphatic rings. The second-order valence-corrected chi connectivity index (χ2v) is 5.91. The summed E-state index contributed by atoms with van der Waals surface area (Å²) in [5, 5.41) is 3.12. The van der Waals surface area contributed by atoms with Crippen molar-refractivity contribution in [2.75, 3.05) is 5.32 Å². The van der Waals surface area contributed by atoms with Gasteiger partial charge in [0.1, 0.15) is 5.60 Å². The second kappa shape index (κ2) is 5.01. The third-order valence-electron chi connectivity index (χ3n) is 1.85. The van der Waals surface area contributed by atoms with Crippen molar-refractivity contribution in [2.24, 2.45) is 5.73 Å². The zero-order chi connectivity index (χ0) is 13.2. The Bertz CT molecular complexity index is 407. The van der Waals surface area contributed by atoms with Crippen molar-refractivity contribution in [2.45, 2.75) is 46.3 Å². The van der Waals surface area contributed by atoms with E-state index < -0.39 is 11.7 Å². The van der Waals surface area contributed by atoms with E-state index in [1.165, 1.54) is 11.3 Å². The number of nitrogens with two attached hydrogens (primary N) is 1. The molecule has 1 aromatic heterocycles. The molecule has 17 heavy (non-hydrogen) atoms. The van der Waals surface area contributed by atoms with Gasteiger partial charge in [-0.2, -0.15) is 0 Å². The van der Waals surface area contributed by atoms with E-state index in [0.29, 0.717) is 5.13 Å². The number of carbonyl (C=O) groups excluding carboxylic acids is 1. The fraction of sp³-hybridized carbons (Fsp3) is 0.636. The SMILES string of the molecule is Cc1nc(NC(=O)OC(C)(C)C)sc1[C@H](C)N. The van der Waals surface area contributed by atoms with Crippen LogP contribution in [0.3, 0.4) is 0 Å². The average molecular weight is 257 g/mol. The molecule has 1 atom stereocenters. The molecule has 0 aliphatic heterocycles. The summed E-state index contributed by atoms with van der Waals surface area (Å²) in [5.41, 5.74) is 6.12. The van der Waals surface area contributed by atoms with Crippen LogP contribution in [0.15, 0.2) is 0 Å². The first-order chi connectivity index (χ1) is 7.69. The minimum atomic E-state index is -0.514. The highest BCUT2D eigenvalue weighted by molar-refractivity contribution is 7.16. The van der Waals surface area contributed by atoms with Gasteiger partial charge in [0.2, 0.25) is 0 Å². The van der Waals surface area contributed by atoms with Gasteiger partial charge in [-0.25, -0.2) is 9.78 Å². The molecule has 1 amide bonds. The fourth-order valence-corrected chi connectivity index (χ4v) is 2.18. The van der Waals surface area contributed by atoms with Crippen LogP contribution in [0.4, 0.5) is 9.93 Å². The lowest BCUT2D eigenvalue weighted by molar-refractivity contribution is 0.0636. The molecule has 1 aromatic rings. The maximum absolute atomic E-state index is 11.5. The topological polar surface area (TPSA) is 77.2 Å². The number of nitrogens with zero attached hydrogens (tertiary/aromatic N) is 1. The highest BCUT2D eigenvalue weighted by atomic mass is 32.1. The smallest absolute Gasteiger partial charge is 0.413 e. The van der Waals surface area contributed by atoms with Gasteiger partial charge in [-0.1, -0.05) is 11.3 Å². The van der Waals surface area contributed by atoms with Gasteiger partial charge < -0.3 is 10.5 Å². The number of thiazole rings is 1. The van der Waals surface area contributed by atoms with Crippen LogP contribution in [0.1, 0.15) is 44.3 Å². The molecule has 96 valence electrons. The number of ether oxygens (including phenoxy) is 1. The third-order valence-corrected chi connectivity index (χ3v) is 3.13. The first kappa shape index (κ1) is 13.9. The highest BCUT2D eigenvalue weighted by Gasteiger charge is 2.18. The fourth-order valence-electron chi connectivity index (χ4n) is 1.28. The molecule has 0 bridgehead atoms.